The molecular formula is C18H19ClN4O. The monoisotopic (exact) mass is 342 g/mol. The summed E-state index contributed by atoms with van der Waals surface area (Å²) in [6.45, 7) is 4.83. The van der Waals surface area contributed by atoms with Gasteiger partial charge in [0.05, 0.1) is 16.7 Å². The van der Waals surface area contributed by atoms with Crippen LogP contribution in [0.1, 0.15) is 36.7 Å². The fraction of sp³-hybridized carbons (Fsp3) is 0.278. The Morgan fingerprint density at radius 1 is 1.29 bits per heavy atom. The largest absolute Gasteiger partial charge is 0.319 e. The summed E-state index contributed by atoms with van der Waals surface area (Å²) in [6.07, 6.45) is 5.59. The molecule has 124 valence electrons. The number of rotatable bonds is 5. The van der Waals surface area contributed by atoms with Crippen molar-refractivity contribution in [3.8, 4) is 0 Å². The van der Waals surface area contributed by atoms with E-state index >= 15 is 0 Å². The Balaban J connectivity index is 1.95. The second-order valence-electron chi connectivity index (χ2n) is 5.67. The summed E-state index contributed by atoms with van der Waals surface area (Å²) < 4.78 is 1.80. The molecule has 0 saturated heterocycles. The molecule has 0 unspecified atom stereocenters. The molecule has 1 N–H and O–H groups in total. The lowest BCUT2D eigenvalue weighted by molar-refractivity contribution is 0.569. The third-order valence-corrected chi connectivity index (χ3v) is 4.27. The van der Waals surface area contributed by atoms with E-state index in [9.17, 15) is 4.79 Å². The van der Waals surface area contributed by atoms with Crippen molar-refractivity contribution in [1.82, 2.24) is 19.7 Å². The normalized spacial score (nSPS) is 11.6. The highest BCUT2D eigenvalue weighted by Gasteiger charge is 2.11. The van der Waals surface area contributed by atoms with Crippen molar-refractivity contribution in [2.24, 2.45) is 0 Å². The topological polar surface area (TPSA) is 63.6 Å². The smallest absolute Gasteiger partial charge is 0.274 e. The third kappa shape index (κ3) is 3.26. The molecule has 0 spiro atoms. The van der Waals surface area contributed by atoms with Crippen LogP contribution in [0.3, 0.4) is 0 Å². The van der Waals surface area contributed by atoms with Gasteiger partial charge in [-0.15, -0.1) is 0 Å². The molecule has 0 amide bonds. The lowest BCUT2D eigenvalue weighted by atomic mass is 10.2. The van der Waals surface area contributed by atoms with Gasteiger partial charge in [0.2, 0.25) is 0 Å². The number of nitrogens with zero attached hydrogens (tertiary/aromatic N) is 3. The molecule has 2 heterocycles. The quantitative estimate of drug-likeness (QED) is 0.760. The van der Waals surface area contributed by atoms with Gasteiger partial charge in [0, 0.05) is 12.1 Å². The molecule has 6 heteroatoms. The number of hydrogen-bond donors (Lipinski definition) is 1. The molecule has 0 bridgehead atoms. The number of para-hydroxylation sites is 2. The number of aryl methyl sites for hydroxylation is 2. The molecule has 3 aromatic rings. The third-order valence-electron chi connectivity index (χ3n) is 3.87. The summed E-state index contributed by atoms with van der Waals surface area (Å²) in [5.41, 5.74) is 3.26. The van der Waals surface area contributed by atoms with Gasteiger partial charge in [-0.25, -0.2) is 4.98 Å². The summed E-state index contributed by atoms with van der Waals surface area (Å²) in [5, 5.41) is 5.05. The molecule has 0 saturated carbocycles. The molecule has 5 nitrogen and oxygen atoms in total. The summed E-state index contributed by atoms with van der Waals surface area (Å²) in [6, 6.07) is 7.45. The molecular weight excluding hydrogens is 324 g/mol. The van der Waals surface area contributed by atoms with Gasteiger partial charge >= 0.3 is 0 Å². The number of halogens is 1. The van der Waals surface area contributed by atoms with Gasteiger partial charge in [0.15, 0.2) is 0 Å². The molecule has 2 aromatic heterocycles. The second kappa shape index (κ2) is 7.01. The summed E-state index contributed by atoms with van der Waals surface area (Å²) in [7, 11) is 0. The molecule has 3 rings (SSSR count). The van der Waals surface area contributed by atoms with E-state index in [0.717, 1.165) is 41.7 Å². The highest BCUT2D eigenvalue weighted by atomic mass is 35.5. The van der Waals surface area contributed by atoms with Crippen LogP contribution >= 0.6 is 11.6 Å². The lowest BCUT2D eigenvalue weighted by Gasteiger charge is -2.01. The summed E-state index contributed by atoms with van der Waals surface area (Å²) in [4.78, 5) is 19.4. The number of aromatic nitrogens is 4. The maximum atomic E-state index is 12.1. The van der Waals surface area contributed by atoms with E-state index in [1.165, 1.54) is 0 Å². The first-order valence-electron chi connectivity index (χ1n) is 8.00. The van der Waals surface area contributed by atoms with Crippen molar-refractivity contribution >= 4 is 34.8 Å². The average molecular weight is 343 g/mol. The first kappa shape index (κ1) is 16.5. The van der Waals surface area contributed by atoms with Crippen LogP contribution < -0.4 is 5.56 Å². The molecule has 0 aliphatic heterocycles. The Kier molecular flexibility index (Phi) is 4.81. The SMILES string of the molecule is CCCCn1nc(C)c(/C=C/c2nc3ccccc3[nH]c2=O)c1Cl. The van der Waals surface area contributed by atoms with E-state index in [-0.39, 0.29) is 5.56 Å². The van der Waals surface area contributed by atoms with Crippen LogP contribution in [0.5, 0.6) is 0 Å². The number of aromatic amines is 1. The molecule has 1 aromatic carbocycles. The van der Waals surface area contributed by atoms with Crippen LogP contribution in [0.2, 0.25) is 5.15 Å². The fourth-order valence-corrected chi connectivity index (χ4v) is 2.85. The van der Waals surface area contributed by atoms with Gasteiger partial charge in [-0.3, -0.25) is 9.48 Å². The highest BCUT2D eigenvalue weighted by Crippen LogP contribution is 2.22. The van der Waals surface area contributed by atoms with Crippen LogP contribution in [0.4, 0.5) is 0 Å². The Bertz CT molecular complexity index is 955. The molecule has 0 aliphatic rings. The molecule has 0 fully saturated rings. The van der Waals surface area contributed by atoms with Crippen LogP contribution in [-0.2, 0) is 6.54 Å². The summed E-state index contributed by atoms with van der Waals surface area (Å²) in [5.74, 6) is 0. The van der Waals surface area contributed by atoms with Gasteiger partial charge in [0.1, 0.15) is 10.8 Å². The van der Waals surface area contributed by atoms with E-state index < -0.39 is 0 Å². The van der Waals surface area contributed by atoms with E-state index in [4.69, 9.17) is 11.6 Å². The standard InChI is InChI=1S/C18H19ClN4O/c1-3-4-11-23-17(19)13(12(2)22-23)9-10-16-18(24)21-15-8-6-5-7-14(15)20-16/h5-10H,3-4,11H2,1-2H3,(H,21,24)/b10-9+. The minimum atomic E-state index is -0.225. The van der Waals surface area contributed by atoms with Crippen LogP contribution in [0, 0.1) is 6.92 Å². The highest BCUT2D eigenvalue weighted by molar-refractivity contribution is 6.31. The van der Waals surface area contributed by atoms with E-state index in [2.05, 4.69) is 22.0 Å². The van der Waals surface area contributed by atoms with E-state index in [0.29, 0.717) is 10.8 Å². The first-order valence-corrected chi connectivity index (χ1v) is 8.38. The van der Waals surface area contributed by atoms with Gasteiger partial charge in [-0.05, 0) is 37.6 Å². The zero-order valence-corrected chi connectivity index (χ0v) is 14.5. The molecule has 0 aliphatic carbocycles. The van der Waals surface area contributed by atoms with Crippen molar-refractivity contribution in [3.63, 3.8) is 0 Å². The van der Waals surface area contributed by atoms with Gasteiger partial charge in [-0.1, -0.05) is 37.1 Å². The fourth-order valence-electron chi connectivity index (χ4n) is 2.53. The van der Waals surface area contributed by atoms with Gasteiger partial charge < -0.3 is 4.98 Å². The number of benzene rings is 1. The molecule has 0 atom stereocenters. The van der Waals surface area contributed by atoms with Crippen LogP contribution in [-0.4, -0.2) is 19.7 Å². The number of H-pyrrole nitrogens is 1. The predicted octanol–water partition coefficient (Wildman–Crippen LogP) is 4.05. The van der Waals surface area contributed by atoms with Crippen molar-refractivity contribution < 1.29 is 0 Å². The van der Waals surface area contributed by atoms with Crippen molar-refractivity contribution in [2.45, 2.75) is 33.2 Å². The minimum absolute atomic E-state index is 0.225. The lowest BCUT2D eigenvalue weighted by Crippen LogP contribution is -2.11. The van der Waals surface area contributed by atoms with Crippen molar-refractivity contribution in [2.75, 3.05) is 0 Å². The summed E-state index contributed by atoms with van der Waals surface area (Å²) >= 11 is 6.41. The Morgan fingerprint density at radius 2 is 2.08 bits per heavy atom. The molecule has 0 radical (unpaired) electrons. The molecule has 24 heavy (non-hydrogen) atoms. The van der Waals surface area contributed by atoms with Crippen LogP contribution in [0.25, 0.3) is 23.2 Å². The maximum absolute atomic E-state index is 12.1. The Morgan fingerprint density at radius 3 is 2.88 bits per heavy atom. The van der Waals surface area contributed by atoms with Crippen LogP contribution in [0.15, 0.2) is 29.1 Å². The van der Waals surface area contributed by atoms with Crippen molar-refractivity contribution in [1.29, 1.82) is 0 Å². The zero-order valence-electron chi connectivity index (χ0n) is 13.7. The van der Waals surface area contributed by atoms with Gasteiger partial charge in [0.25, 0.3) is 5.56 Å². The van der Waals surface area contributed by atoms with E-state index in [1.807, 2.05) is 31.2 Å². The first-order chi connectivity index (χ1) is 11.6. The van der Waals surface area contributed by atoms with Gasteiger partial charge in [-0.2, -0.15) is 5.10 Å². The second-order valence-corrected chi connectivity index (χ2v) is 6.03. The Hall–Kier alpha value is -2.40. The average Bonchev–Trinajstić information content (AvgIpc) is 2.85. The number of hydrogen-bond acceptors (Lipinski definition) is 3. The Labute approximate surface area is 145 Å². The predicted molar refractivity (Wildman–Crippen MR) is 98.2 cm³/mol. The zero-order chi connectivity index (χ0) is 17.1. The maximum Gasteiger partial charge on any atom is 0.274 e. The number of nitrogens with one attached hydrogen (secondary N) is 1. The number of unbranched alkanes of at least 4 members (excludes halogenated alkanes) is 1. The van der Waals surface area contributed by atoms with Crippen molar-refractivity contribution in [3.05, 3.63) is 56.7 Å². The number of fused-ring (bicyclic) bond motifs is 1. The van der Waals surface area contributed by atoms with E-state index in [1.54, 1.807) is 16.8 Å². The minimum Gasteiger partial charge on any atom is -0.319 e.